The summed E-state index contributed by atoms with van der Waals surface area (Å²) in [6.45, 7) is 6.97. The molecular formula is C18H28ClFN2O2. The molecule has 1 heterocycles. The predicted molar refractivity (Wildman–Crippen MR) is 96.2 cm³/mol. The summed E-state index contributed by atoms with van der Waals surface area (Å²) in [4.78, 5) is 15.5. The van der Waals surface area contributed by atoms with Gasteiger partial charge in [0.1, 0.15) is 5.82 Å². The fourth-order valence-electron chi connectivity index (χ4n) is 3.63. The molecule has 0 amide bonds. The fourth-order valence-corrected chi connectivity index (χ4v) is 3.63. The molecule has 1 aliphatic rings. The van der Waals surface area contributed by atoms with E-state index in [1.807, 2.05) is 19.1 Å². The van der Waals surface area contributed by atoms with Crippen LogP contribution >= 0.6 is 12.4 Å². The highest BCUT2D eigenvalue weighted by atomic mass is 35.5. The molecule has 1 saturated heterocycles. The van der Waals surface area contributed by atoms with Gasteiger partial charge < -0.3 is 5.11 Å². The lowest BCUT2D eigenvalue weighted by Gasteiger charge is -2.41. The number of carboxylic acids is 1. The average Bonchev–Trinajstić information content (AvgIpc) is 2.55. The van der Waals surface area contributed by atoms with Gasteiger partial charge in [-0.25, -0.2) is 4.39 Å². The van der Waals surface area contributed by atoms with Crippen LogP contribution in [-0.2, 0) is 4.79 Å². The Balaban J connectivity index is 0.00000288. The molecule has 1 aromatic rings. The predicted octanol–water partition coefficient (Wildman–Crippen LogP) is 3.57. The van der Waals surface area contributed by atoms with Crippen molar-refractivity contribution in [3.8, 4) is 0 Å². The number of likely N-dealkylation sites (tertiary alicyclic amines) is 1. The molecule has 1 aromatic carbocycles. The number of rotatable bonds is 7. The number of likely N-dealkylation sites (N-methyl/N-ethyl adjacent to an activating group) is 1. The van der Waals surface area contributed by atoms with Gasteiger partial charge >= 0.3 is 5.97 Å². The van der Waals surface area contributed by atoms with Crippen molar-refractivity contribution in [2.45, 2.75) is 45.2 Å². The number of hydrogen-bond donors (Lipinski definition) is 1. The first-order chi connectivity index (χ1) is 11.0. The summed E-state index contributed by atoms with van der Waals surface area (Å²) in [5.41, 5.74) is 1.16. The van der Waals surface area contributed by atoms with Crippen LogP contribution in [0.15, 0.2) is 24.3 Å². The quantitative estimate of drug-likeness (QED) is 0.809. The van der Waals surface area contributed by atoms with Crippen molar-refractivity contribution >= 4 is 18.4 Å². The topological polar surface area (TPSA) is 43.8 Å². The lowest BCUT2D eigenvalue weighted by Crippen LogP contribution is -2.47. The molecule has 0 bridgehead atoms. The summed E-state index contributed by atoms with van der Waals surface area (Å²) in [5.74, 6) is -0.957. The zero-order valence-corrected chi connectivity index (χ0v) is 15.3. The van der Waals surface area contributed by atoms with E-state index in [2.05, 4.69) is 16.7 Å². The molecular weight excluding hydrogens is 331 g/mol. The van der Waals surface area contributed by atoms with Gasteiger partial charge in [-0.05, 0) is 43.5 Å². The lowest BCUT2D eigenvalue weighted by atomic mass is 9.97. The SMILES string of the molecule is CCC(c1ccc(F)cc1)N1CCC(N(CC)CC(=O)O)CC1.Cl. The molecule has 4 nitrogen and oxygen atoms in total. The largest absolute Gasteiger partial charge is 0.480 e. The maximum atomic E-state index is 13.1. The van der Waals surface area contributed by atoms with E-state index in [0.717, 1.165) is 44.5 Å². The number of halogens is 2. The van der Waals surface area contributed by atoms with E-state index in [1.54, 1.807) is 0 Å². The summed E-state index contributed by atoms with van der Waals surface area (Å²) < 4.78 is 13.1. The third-order valence-electron chi connectivity index (χ3n) is 4.84. The van der Waals surface area contributed by atoms with Gasteiger partial charge in [0.05, 0.1) is 6.54 Å². The Morgan fingerprint density at radius 2 is 1.88 bits per heavy atom. The van der Waals surface area contributed by atoms with E-state index >= 15 is 0 Å². The molecule has 1 aliphatic heterocycles. The highest BCUT2D eigenvalue weighted by Crippen LogP contribution is 2.28. The van der Waals surface area contributed by atoms with Gasteiger partial charge in [-0.2, -0.15) is 0 Å². The van der Waals surface area contributed by atoms with Crippen molar-refractivity contribution in [1.82, 2.24) is 9.80 Å². The second kappa shape index (κ2) is 9.97. The van der Waals surface area contributed by atoms with Crippen LogP contribution in [0.4, 0.5) is 4.39 Å². The van der Waals surface area contributed by atoms with Crippen molar-refractivity contribution in [1.29, 1.82) is 0 Å². The van der Waals surface area contributed by atoms with Crippen molar-refractivity contribution in [2.24, 2.45) is 0 Å². The van der Waals surface area contributed by atoms with Crippen molar-refractivity contribution in [3.63, 3.8) is 0 Å². The molecule has 6 heteroatoms. The summed E-state index contributed by atoms with van der Waals surface area (Å²) in [7, 11) is 0. The maximum absolute atomic E-state index is 13.1. The van der Waals surface area contributed by atoms with E-state index in [-0.39, 0.29) is 24.8 Å². The summed E-state index contributed by atoms with van der Waals surface area (Å²) in [6, 6.07) is 7.45. The molecule has 1 atom stereocenters. The van der Waals surface area contributed by atoms with Gasteiger partial charge in [0.2, 0.25) is 0 Å². The Morgan fingerprint density at radius 3 is 2.33 bits per heavy atom. The minimum absolute atomic E-state index is 0. The van der Waals surface area contributed by atoms with Crippen LogP contribution in [0, 0.1) is 5.82 Å². The van der Waals surface area contributed by atoms with E-state index in [4.69, 9.17) is 5.11 Å². The summed E-state index contributed by atoms with van der Waals surface area (Å²) >= 11 is 0. The van der Waals surface area contributed by atoms with Crippen LogP contribution in [0.1, 0.15) is 44.7 Å². The molecule has 1 unspecified atom stereocenters. The first-order valence-electron chi connectivity index (χ1n) is 8.50. The molecule has 0 spiro atoms. The van der Waals surface area contributed by atoms with Crippen LogP contribution in [0.25, 0.3) is 0 Å². The standard InChI is InChI=1S/C18H27FN2O2.ClH/c1-3-17(14-5-7-15(19)8-6-14)21-11-9-16(10-12-21)20(4-2)13-18(22)23;/h5-8,16-17H,3-4,9-13H2,1-2H3,(H,22,23);1H. The Kier molecular flexibility index (Phi) is 8.67. The Labute approximate surface area is 150 Å². The molecule has 0 aromatic heterocycles. The van der Waals surface area contributed by atoms with E-state index in [1.165, 1.54) is 12.1 Å². The Morgan fingerprint density at radius 1 is 1.29 bits per heavy atom. The number of carboxylic acid groups (broad SMARTS) is 1. The first kappa shape index (κ1) is 20.9. The van der Waals surface area contributed by atoms with Crippen molar-refractivity contribution < 1.29 is 14.3 Å². The zero-order chi connectivity index (χ0) is 16.8. The average molecular weight is 359 g/mol. The Bertz CT molecular complexity index is 504. The second-order valence-corrected chi connectivity index (χ2v) is 6.20. The molecule has 0 saturated carbocycles. The molecule has 2 rings (SSSR count). The van der Waals surface area contributed by atoms with Crippen LogP contribution in [0.5, 0.6) is 0 Å². The van der Waals surface area contributed by atoms with Gasteiger partial charge in [-0.3, -0.25) is 14.6 Å². The molecule has 1 fully saturated rings. The van der Waals surface area contributed by atoms with E-state index in [9.17, 15) is 9.18 Å². The van der Waals surface area contributed by atoms with Crippen molar-refractivity contribution in [3.05, 3.63) is 35.6 Å². The molecule has 1 N–H and O–H groups in total. The monoisotopic (exact) mass is 358 g/mol. The zero-order valence-electron chi connectivity index (χ0n) is 14.4. The van der Waals surface area contributed by atoms with Crippen LogP contribution < -0.4 is 0 Å². The number of benzene rings is 1. The first-order valence-corrected chi connectivity index (χ1v) is 8.50. The summed E-state index contributed by atoms with van der Waals surface area (Å²) in [6.07, 6.45) is 2.96. The normalized spacial score (nSPS) is 17.5. The van der Waals surface area contributed by atoms with Crippen molar-refractivity contribution in [2.75, 3.05) is 26.2 Å². The maximum Gasteiger partial charge on any atom is 0.317 e. The molecule has 0 aliphatic carbocycles. The van der Waals surface area contributed by atoms with Gasteiger partial charge in [-0.15, -0.1) is 12.4 Å². The Hall–Kier alpha value is -1.17. The van der Waals surface area contributed by atoms with Crippen LogP contribution in [0.3, 0.4) is 0 Å². The minimum Gasteiger partial charge on any atom is -0.480 e. The highest BCUT2D eigenvalue weighted by Gasteiger charge is 2.28. The third kappa shape index (κ3) is 5.43. The molecule has 24 heavy (non-hydrogen) atoms. The lowest BCUT2D eigenvalue weighted by molar-refractivity contribution is -0.139. The van der Waals surface area contributed by atoms with Crippen LogP contribution in [0.2, 0.25) is 0 Å². The minimum atomic E-state index is -0.757. The third-order valence-corrected chi connectivity index (χ3v) is 4.84. The van der Waals surface area contributed by atoms with Crippen LogP contribution in [-0.4, -0.2) is 53.1 Å². The summed E-state index contributed by atoms with van der Waals surface area (Å²) in [5, 5.41) is 9.01. The highest BCUT2D eigenvalue weighted by molar-refractivity contribution is 5.85. The molecule has 136 valence electrons. The van der Waals surface area contributed by atoms with E-state index < -0.39 is 5.97 Å². The number of piperidine rings is 1. The van der Waals surface area contributed by atoms with Gasteiger partial charge in [-0.1, -0.05) is 26.0 Å². The van der Waals surface area contributed by atoms with Gasteiger partial charge in [0, 0.05) is 25.2 Å². The molecule has 0 radical (unpaired) electrons. The number of hydrogen-bond acceptors (Lipinski definition) is 3. The fraction of sp³-hybridized carbons (Fsp3) is 0.611. The van der Waals surface area contributed by atoms with E-state index in [0.29, 0.717) is 12.1 Å². The van der Waals surface area contributed by atoms with Gasteiger partial charge in [0.25, 0.3) is 0 Å². The second-order valence-electron chi connectivity index (χ2n) is 6.20. The number of nitrogens with zero attached hydrogens (tertiary/aromatic N) is 2. The smallest absolute Gasteiger partial charge is 0.317 e. The van der Waals surface area contributed by atoms with Gasteiger partial charge in [0.15, 0.2) is 0 Å². The number of carbonyl (C=O) groups is 1. The number of aliphatic carboxylic acids is 1.